The smallest absolute Gasteiger partial charge is 0.253 e. The minimum absolute atomic E-state index is 0.0411. The van der Waals surface area contributed by atoms with Gasteiger partial charge in [-0.1, -0.05) is 18.2 Å². The van der Waals surface area contributed by atoms with E-state index >= 15 is 0 Å². The van der Waals surface area contributed by atoms with E-state index in [0.29, 0.717) is 11.6 Å². The lowest BCUT2D eigenvalue weighted by molar-refractivity contribution is 0.0951. The molecule has 23 heavy (non-hydrogen) atoms. The fraction of sp³-hybridized carbons (Fsp3) is 0.333. The van der Waals surface area contributed by atoms with Crippen molar-refractivity contribution < 1.29 is 9.53 Å². The third-order valence-corrected chi connectivity index (χ3v) is 3.83. The standard InChI is InChI=1S/C18H21N3O2/c1-23-16-5-3-2-4-13(16)10-11-19-17-9-6-14(12-20-17)18(22)21-15-7-8-15/h2-6,9,12,15H,7-8,10-11H2,1H3,(H,19,20)(H,21,22). The van der Waals surface area contributed by atoms with Crippen molar-refractivity contribution in [3.05, 3.63) is 53.7 Å². The number of rotatable bonds is 7. The Balaban J connectivity index is 1.51. The van der Waals surface area contributed by atoms with E-state index in [1.165, 1.54) is 0 Å². The van der Waals surface area contributed by atoms with Crippen LogP contribution in [0.5, 0.6) is 5.75 Å². The minimum atomic E-state index is -0.0411. The zero-order chi connectivity index (χ0) is 16.1. The summed E-state index contributed by atoms with van der Waals surface area (Å²) in [5.74, 6) is 1.62. The molecular weight excluding hydrogens is 290 g/mol. The second-order valence-electron chi connectivity index (χ2n) is 5.67. The van der Waals surface area contributed by atoms with Crippen molar-refractivity contribution in [2.24, 2.45) is 0 Å². The molecule has 0 aliphatic heterocycles. The number of ether oxygens (including phenoxy) is 1. The highest BCUT2D eigenvalue weighted by molar-refractivity contribution is 5.94. The Morgan fingerprint density at radius 1 is 1.26 bits per heavy atom. The van der Waals surface area contributed by atoms with E-state index in [1.54, 1.807) is 19.4 Å². The van der Waals surface area contributed by atoms with Crippen LogP contribution in [0.25, 0.3) is 0 Å². The number of aromatic nitrogens is 1. The van der Waals surface area contributed by atoms with Crippen molar-refractivity contribution in [2.45, 2.75) is 25.3 Å². The third-order valence-electron chi connectivity index (χ3n) is 3.83. The molecule has 0 atom stereocenters. The Bertz CT molecular complexity index is 666. The third kappa shape index (κ3) is 4.22. The van der Waals surface area contributed by atoms with Crippen molar-refractivity contribution in [3.63, 3.8) is 0 Å². The van der Waals surface area contributed by atoms with Crippen LogP contribution in [-0.2, 0) is 6.42 Å². The zero-order valence-electron chi connectivity index (χ0n) is 13.2. The maximum atomic E-state index is 11.9. The molecule has 2 N–H and O–H groups in total. The van der Waals surface area contributed by atoms with Crippen molar-refractivity contribution >= 4 is 11.7 Å². The van der Waals surface area contributed by atoms with E-state index < -0.39 is 0 Å². The lowest BCUT2D eigenvalue weighted by atomic mass is 10.1. The van der Waals surface area contributed by atoms with Gasteiger partial charge in [-0.15, -0.1) is 0 Å². The van der Waals surface area contributed by atoms with Gasteiger partial charge in [0, 0.05) is 18.8 Å². The molecule has 120 valence electrons. The van der Waals surface area contributed by atoms with Crippen LogP contribution in [0.2, 0.25) is 0 Å². The van der Waals surface area contributed by atoms with E-state index in [0.717, 1.165) is 42.9 Å². The SMILES string of the molecule is COc1ccccc1CCNc1ccc(C(=O)NC2CC2)cn1. The molecule has 1 heterocycles. The van der Waals surface area contributed by atoms with Gasteiger partial charge < -0.3 is 15.4 Å². The number of anilines is 1. The number of carbonyl (C=O) groups is 1. The molecule has 3 rings (SSSR count). The lowest BCUT2D eigenvalue weighted by Gasteiger charge is -2.09. The van der Waals surface area contributed by atoms with Crippen LogP contribution >= 0.6 is 0 Å². The van der Waals surface area contributed by atoms with E-state index in [-0.39, 0.29) is 5.91 Å². The number of nitrogens with one attached hydrogen (secondary N) is 2. The molecule has 1 aromatic heterocycles. The highest BCUT2D eigenvalue weighted by Gasteiger charge is 2.23. The molecule has 0 saturated heterocycles. The van der Waals surface area contributed by atoms with Gasteiger partial charge in [-0.05, 0) is 43.0 Å². The number of para-hydroxylation sites is 1. The van der Waals surface area contributed by atoms with Crippen LogP contribution in [-0.4, -0.2) is 30.6 Å². The van der Waals surface area contributed by atoms with Crippen molar-refractivity contribution in [3.8, 4) is 5.75 Å². The molecule has 5 nitrogen and oxygen atoms in total. The van der Waals surface area contributed by atoms with Crippen LogP contribution in [0, 0.1) is 0 Å². The van der Waals surface area contributed by atoms with E-state index in [1.807, 2.05) is 24.3 Å². The molecule has 0 spiro atoms. The number of amides is 1. The van der Waals surface area contributed by atoms with Crippen molar-refractivity contribution in [1.82, 2.24) is 10.3 Å². The molecular formula is C18H21N3O2. The number of benzene rings is 1. The summed E-state index contributed by atoms with van der Waals surface area (Å²) in [6.07, 6.45) is 4.63. The van der Waals surface area contributed by atoms with Gasteiger partial charge in [0.15, 0.2) is 0 Å². The maximum absolute atomic E-state index is 11.9. The number of pyridine rings is 1. The first-order valence-corrected chi connectivity index (χ1v) is 7.89. The molecule has 0 bridgehead atoms. The molecule has 1 amide bonds. The average molecular weight is 311 g/mol. The first-order chi connectivity index (χ1) is 11.3. The fourth-order valence-corrected chi connectivity index (χ4v) is 2.36. The van der Waals surface area contributed by atoms with Crippen LogP contribution in [0.1, 0.15) is 28.8 Å². The highest BCUT2D eigenvalue weighted by atomic mass is 16.5. The Hall–Kier alpha value is -2.56. The predicted molar refractivity (Wildman–Crippen MR) is 89.9 cm³/mol. The van der Waals surface area contributed by atoms with Gasteiger partial charge in [0.25, 0.3) is 5.91 Å². The molecule has 5 heteroatoms. The Kier molecular flexibility index (Phi) is 4.76. The first-order valence-electron chi connectivity index (χ1n) is 7.89. The summed E-state index contributed by atoms with van der Waals surface area (Å²) < 4.78 is 5.34. The number of nitrogens with zero attached hydrogens (tertiary/aromatic N) is 1. The summed E-state index contributed by atoms with van der Waals surface area (Å²) >= 11 is 0. The minimum Gasteiger partial charge on any atom is -0.496 e. The summed E-state index contributed by atoms with van der Waals surface area (Å²) in [7, 11) is 1.68. The van der Waals surface area contributed by atoms with Gasteiger partial charge in [0.2, 0.25) is 0 Å². The molecule has 0 unspecified atom stereocenters. The average Bonchev–Trinajstić information content (AvgIpc) is 3.40. The molecule has 1 aliphatic rings. The molecule has 1 fully saturated rings. The Morgan fingerprint density at radius 2 is 2.09 bits per heavy atom. The number of methoxy groups -OCH3 is 1. The molecule has 0 radical (unpaired) electrons. The van der Waals surface area contributed by atoms with E-state index in [9.17, 15) is 4.79 Å². The van der Waals surface area contributed by atoms with Crippen molar-refractivity contribution in [2.75, 3.05) is 19.0 Å². The lowest BCUT2D eigenvalue weighted by Crippen LogP contribution is -2.25. The maximum Gasteiger partial charge on any atom is 0.253 e. The van der Waals surface area contributed by atoms with Gasteiger partial charge >= 0.3 is 0 Å². The van der Waals surface area contributed by atoms with Gasteiger partial charge in [0.05, 0.1) is 12.7 Å². The number of hydrogen-bond donors (Lipinski definition) is 2. The fourth-order valence-electron chi connectivity index (χ4n) is 2.36. The van der Waals surface area contributed by atoms with Gasteiger partial charge in [0.1, 0.15) is 11.6 Å². The molecule has 1 aliphatic carbocycles. The number of carbonyl (C=O) groups excluding carboxylic acids is 1. The zero-order valence-corrected chi connectivity index (χ0v) is 13.2. The summed E-state index contributed by atoms with van der Waals surface area (Å²) in [6, 6.07) is 12.0. The van der Waals surface area contributed by atoms with Crippen LogP contribution in [0.4, 0.5) is 5.82 Å². The molecule has 1 aromatic carbocycles. The van der Waals surface area contributed by atoms with Crippen molar-refractivity contribution in [1.29, 1.82) is 0 Å². The summed E-state index contributed by atoms with van der Waals surface area (Å²) in [5, 5.41) is 6.22. The highest BCUT2D eigenvalue weighted by Crippen LogP contribution is 2.20. The second kappa shape index (κ2) is 7.13. The summed E-state index contributed by atoms with van der Waals surface area (Å²) in [5.41, 5.74) is 1.76. The summed E-state index contributed by atoms with van der Waals surface area (Å²) in [4.78, 5) is 16.2. The van der Waals surface area contributed by atoms with Crippen LogP contribution in [0.3, 0.4) is 0 Å². The van der Waals surface area contributed by atoms with Gasteiger partial charge in [-0.2, -0.15) is 0 Å². The molecule has 2 aromatic rings. The first kappa shape index (κ1) is 15.3. The molecule has 1 saturated carbocycles. The second-order valence-corrected chi connectivity index (χ2v) is 5.67. The van der Waals surface area contributed by atoms with Gasteiger partial charge in [-0.3, -0.25) is 4.79 Å². The van der Waals surface area contributed by atoms with E-state index in [2.05, 4.69) is 21.7 Å². The van der Waals surface area contributed by atoms with E-state index in [4.69, 9.17) is 4.74 Å². The predicted octanol–water partition coefficient (Wildman–Crippen LogP) is 2.64. The normalized spacial score (nSPS) is 13.4. The quantitative estimate of drug-likeness (QED) is 0.825. The summed E-state index contributed by atoms with van der Waals surface area (Å²) in [6.45, 7) is 0.751. The monoisotopic (exact) mass is 311 g/mol. The van der Waals surface area contributed by atoms with Crippen LogP contribution in [0.15, 0.2) is 42.6 Å². The van der Waals surface area contributed by atoms with Gasteiger partial charge in [-0.25, -0.2) is 4.98 Å². The Labute approximate surface area is 136 Å². The Morgan fingerprint density at radius 3 is 2.78 bits per heavy atom. The topological polar surface area (TPSA) is 63.2 Å². The van der Waals surface area contributed by atoms with Crippen LogP contribution < -0.4 is 15.4 Å². The number of hydrogen-bond acceptors (Lipinski definition) is 4. The largest absolute Gasteiger partial charge is 0.496 e.